The quantitative estimate of drug-likeness (QED) is 0.618. The average molecular weight is 323 g/mol. The van der Waals surface area contributed by atoms with Crippen molar-refractivity contribution >= 4 is 5.65 Å². The number of H-pyrrole nitrogens is 1. The van der Waals surface area contributed by atoms with E-state index in [1.807, 2.05) is 37.3 Å². The number of fused-ring (bicyclic) bond motifs is 1. The standard InChI is InChI=1S/C16H13N5O3/c1-10(23-12-5-3-2-4-6-12)14-17-15(24-20-14)11-7-8-13-18-19-16(22)21(13)9-11/h2-10H,1H3,(H,19,22). The average Bonchev–Trinajstić information content (AvgIpc) is 3.23. The molecule has 24 heavy (non-hydrogen) atoms. The van der Waals surface area contributed by atoms with Crippen LogP contribution in [0.5, 0.6) is 5.75 Å². The molecule has 0 radical (unpaired) electrons. The summed E-state index contributed by atoms with van der Waals surface area (Å²) in [6, 6.07) is 12.9. The van der Waals surface area contributed by atoms with E-state index in [1.54, 1.807) is 18.3 Å². The van der Waals surface area contributed by atoms with Crippen molar-refractivity contribution in [1.82, 2.24) is 24.7 Å². The van der Waals surface area contributed by atoms with Crippen LogP contribution in [0.1, 0.15) is 18.9 Å². The second-order valence-electron chi connectivity index (χ2n) is 5.21. The van der Waals surface area contributed by atoms with Crippen molar-refractivity contribution in [3.05, 3.63) is 65.0 Å². The smallest absolute Gasteiger partial charge is 0.347 e. The van der Waals surface area contributed by atoms with Crippen LogP contribution in [0.25, 0.3) is 17.1 Å². The summed E-state index contributed by atoms with van der Waals surface area (Å²) in [5, 5.41) is 10.2. The van der Waals surface area contributed by atoms with Crippen molar-refractivity contribution in [3.63, 3.8) is 0 Å². The molecule has 0 saturated carbocycles. The molecule has 120 valence electrons. The molecule has 1 N–H and O–H groups in total. The maximum atomic E-state index is 11.6. The Morgan fingerprint density at radius 2 is 2.04 bits per heavy atom. The Morgan fingerprint density at radius 3 is 2.88 bits per heavy atom. The fourth-order valence-corrected chi connectivity index (χ4v) is 2.31. The Labute approximate surface area is 135 Å². The molecule has 0 aliphatic rings. The van der Waals surface area contributed by atoms with Gasteiger partial charge in [-0.3, -0.25) is 0 Å². The monoisotopic (exact) mass is 323 g/mol. The minimum Gasteiger partial charge on any atom is -0.483 e. The number of hydrogen-bond acceptors (Lipinski definition) is 6. The number of nitrogens with zero attached hydrogens (tertiary/aromatic N) is 4. The van der Waals surface area contributed by atoms with Crippen LogP contribution in [0, 0.1) is 0 Å². The minimum absolute atomic E-state index is 0.309. The molecule has 8 heteroatoms. The number of nitrogens with one attached hydrogen (secondary N) is 1. The molecule has 0 aliphatic heterocycles. The van der Waals surface area contributed by atoms with Crippen LogP contribution in [-0.2, 0) is 0 Å². The summed E-state index contributed by atoms with van der Waals surface area (Å²) in [7, 11) is 0. The second-order valence-corrected chi connectivity index (χ2v) is 5.21. The van der Waals surface area contributed by atoms with Gasteiger partial charge in [0.2, 0.25) is 5.82 Å². The van der Waals surface area contributed by atoms with Crippen molar-refractivity contribution < 1.29 is 9.26 Å². The van der Waals surface area contributed by atoms with E-state index in [2.05, 4.69) is 20.3 Å². The predicted octanol–water partition coefficient (Wildman–Crippen LogP) is 2.21. The molecule has 8 nitrogen and oxygen atoms in total. The SMILES string of the molecule is CC(Oc1ccccc1)c1noc(-c2ccc3n[nH]c(=O)n3c2)n1. The van der Waals surface area contributed by atoms with E-state index in [4.69, 9.17) is 9.26 Å². The fourth-order valence-electron chi connectivity index (χ4n) is 2.31. The number of aromatic amines is 1. The summed E-state index contributed by atoms with van der Waals surface area (Å²) in [4.78, 5) is 16.0. The number of para-hydroxylation sites is 1. The fraction of sp³-hybridized carbons (Fsp3) is 0.125. The number of rotatable bonds is 4. The normalized spacial score (nSPS) is 12.4. The molecule has 0 bridgehead atoms. The third kappa shape index (κ3) is 2.54. The Balaban J connectivity index is 1.61. The number of aromatic nitrogens is 5. The van der Waals surface area contributed by atoms with Gasteiger partial charge >= 0.3 is 5.69 Å². The van der Waals surface area contributed by atoms with Gasteiger partial charge < -0.3 is 9.26 Å². The van der Waals surface area contributed by atoms with E-state index < -0.39 is 0 Å². The highest BCUT2D eigenvalue weighted by molar-refractivity contribution is 5.55. The molecule has 0 fully saturated rings. The van der Waals surface area contributed by atoms with E-state index in [-0.39, 0.29) is 11.8 Å². The van der Waals surface area contributed by atoms with Crippen molar-refractivity contribution in [1.29, 1.82) is 0 Å². The van der Waals surface area contributed by atoms with Gasteiger partial charge in [0.15, 0.2) is 11.8 Å². The molecule has 4 aromatic rings. The zero-order valence-electron chi connectivity index (χ0n) is 12.7. The summed E-state index contributed by atoms with van der Waals surface area (Å²) < 4.78 is 12.4. The molecular weight excluding hydrogens is 310 g/mol. The Bertz CT molecular complexity index is 1030. The molecule has 1 aromatic carbocycles. The summed E-state index contributed by atoms with van der Waals surface area (Å²) in [5.74, 6) is 1.46. The first-order valence-electron chi connectivity index (χ1n) is 7.33. The topological polar surface area (TPSA) is 98.3 Å². The predicted molar refractivity (Wildman–Crippen MR) is 84.6 cm³/mol. The van der Waals surface area contributed by atoms with Gasteiger partial charge in [-0.2, -0.15) is 10.1 Å². The molecular formula is C16H13N5O3. The largest absolute Gasteiger partial charge is 0.483 e. The lowest BCUT2D eigenvalue weighted by Gasteiger charge is -2.10. The van der Waals surface area contributed by atoms with Crippen LogP contribution in [0.3, 0.4) is 0 Å². The molecule has 1 unspecified atom stereocenters. The Hall–Kier alpha value is -3.42. The molecule has 3 aromatic heterocycles. The molecule has 0 amide bonds. The van der Waals surface area contributed by atoms with E-state index in [1.165, 1.54) is 4.40 Å². The van der Waals surface area contributed by atoms with E-state index in [0.29, 0.717) is 22.9 Å². The number of benzene rings is 1. The molecule has 0 aliphatic carbocycles. The van der Waals surface area contributed by atoms with Crippen molar-refractivity contribution in [2.24, 2.45) is 0 Å². The zero-order valence-corrected chi connectivity index (χ0v) is 12.7. The van der Waals surface area contributed by atoms with E-state index in [0.717, 1.165) is 5.75 Å². The molecule has 3 heterocycles. The van der Waals surface area contributed by atoms with Gasteiger partial charge in [-0.15, -0.1) is 0 Å². The van der Waals surface area contributed by atoms with Gasteiger partial charge in [-0.25, -0.2) is 14.3 Å². The third-order valence-electron chi connectivity index (χ3n) is 3.52. The lowest BCUT2D eigenvalue weighted by molar-refractivity contribution is 0.211. The van der Waals surface area contributed by atoms with Gasteiger partial charge in [0.25, 0.3) is 5.89 Å². The van der Waals surface area contributed by atoms with Crippen LogP contribution >= 0.6 is 0 Å². The van der Waals surface area contributed by atoms with Gasteiger partial charge in [-0.05, 0) is 31.2 Å². The minimum atomic E-state index is -0.370. The third-order valence-corrected chi connectivity index (χ3v) is 3.52. The van der Waals surface area contributed by atoms with Gasteiger partial charge in [0.1, 0.15) is 5.75 Å². The van der Waals surface area contributed by atoms with Crippen LogP contribution in [-0.4, -0.2) is 24.7 Å². The number of ether oxygens (including phenoxy) is 1. The number of pyridine rings is 1. The van der Waals surface area contributed by atoms with Crippen LogP contribution in [0.2, 0.25) is 0 Å². The van der Waals surface area contributed by atoms with Crippen molar-refractivity contribution in [2.45, 2.75) is 13.0 Å². The van der Waals surface area contributed by atoms with Gasteiger partial charge in [0, 0.05) is 6.20 Å². The summed E-state index contributed by atoms with van der Waals surface area (Å²) in [6.45, 7) is 1.84. The molecule has 0 saturated heterocycles. The summed E-state index contributed by atoms with van der Waals surface area (Å²) in [5.41, 5.74) is 0.813. The maximum absolute atomic E-state index is 11.6. The lowest BCUT2D eigenvalue weighted by Crippen LogP contribution is -2.08. The first-order valence-corrected chi connectivity index (χ1v) is 7.33. The van der Waals surface area contributed by atoms with Crippen LogP contribution in [0.4, 0.5) is 0 Å². The number of hydrogen-bond donors (Lipinski definition) is 1. The highest BCUT2D eigenvalue weighted by Crippen LogP contribution is 2.22. The summed E-state index contributed by atoms with van der Waals surface area (Å²) in [6.07, 6.45) is 1.23. The first-order chi connectivity index (χ1) is 11.7. The zero-order chi connectivity index (χ0) is 16.5. The second kappa shape index (κ2) is 5.65. The maximum Gasteiger partial charge on any atom is 0.347 e. The van der Waals surface area contributed by atoms with Gasteiger partial charge in [0.05, 0.1) is 5.56 Å². The van der Waals surface area contributed by atoms with Gasteiger partial charge in [-0.1, -0.05) is 23.4 Å². The first kappa shape index (κ1) is 14.2. The molecule has 0 spiro atoms. The van der Waals surface area contributed by atoms with Crippen LogP contribution in [0.15, 0.2) is 58.0 Å². The Kier molecular flexibility index (Phi) is 3.34. The van der Waals surface area contributed by atoms with E-state index in [9.17, 15) is 4.79 Å². The lowest BCUT2D eigenvalue weighted by atomic mass is 10.3. The van der Waals surface area contributed by atoms with Crippen molar-refractivity contribution in [3.8, 4) is 17.2 Å². The molecule has 4 rings (SSSR count). The highest BCUT2D eigenvalue weighted by atomic mass is 16.5. The molecule has 1 atom stereocenters. The van der Waals surface area contributed by atoms with Crippen LogP contribution < -0.4 is 10.4 Å². The Morgan fingerprint density at radius 1 is 1.21 bits per heavy atom. The van der Waals surface area contributed by atoms with E-state index >= 15 is 0 Å². The van der Waals surface area contributed by atoms with Crippen molar-refractivity contribution in [2.75, 3.05) is 0 Å². The highest BCUT2D eigenvalue weighted by Gasteiger charge is 2.17. The summed E-state index contributed by atoms with van der Waals surface area (Å²) >= 11 is 0.